The van der Waals surface area contributed by atoms with E-state index in [1.54, 1.807) is 9.63 Å². The first-order valence-electron chi connectivity index (χ1n) is 6.88. The van der Waals surface area contributed by atoms with E-state index < -0.39 is 17.5 Å². The Morgan fingerprint density at radius 2 is 1.96 bits per heavy atom. The maximum absolute atomic E-state index is 13.5. The number of nitrogens with zero attached hydrogens (tertiary/aromatic N) is 1. The van der Waals surface area contributed by atoms with E-state index in [0.717, 1.165) is 16.4 Å². The molecule has 0 spiro atoms. The second-order valence-electron chi connectivity index (χ2n) is 4.87. The third kappa shape index (κ3) is 3.25. The Labute approximate surface area is 136 Å². The summed E-state index contributed by atoms with van der Waals surface area (Å²) >= 11 is -0.112. The molecule has 0 aliphatic heterocycles. The van der Waals surface area contributed by atoms with Gasteiger partial charge in [-0.05, 0) is 0 Å². The zero-order chi connectivity index (χ0) is 16.4. The van der Waals surface area contributed by atoms with Crippen molar-refractivity contribution in [3.05, 3.63) is 70.0 Å². The summed E-state index contributed by atoms with van der Waals surface area (Å²) in [6.07, 6.45) is 0. The van der Waals surface area contributed by atoms with Gasteiger partial charge in [-0.1, -0.05) is 0 Å². The number of benzene rings is 2. The van der Waals surface area contributed by atoms with Crippen molar-refractivity contribution in [1.29, 1.82) is 0 Å². The van der Waals surface area contributed by atoms with Gasteiger partial charge in [0.15, 0.2) is 0 Å². The number of carbonyl (C=O) groups excluding carboxylic acids is 1. The second-order valence-corrected chi connectivity index (χ2v) is 7.11. The first-order valence-corrected chi connectivity index (χ1v) is 8.50. The molecular weight excluding hydrogens is 369 g/mol. The van der Waals surface area contributed by atoms with Crippen LogP contribution in [0.25, 0.3) is 9.65 Å². The molecule has 7 heteroatoms. The van der Waals surface area contributed by atoms with Crippen LogP contribution in [0.1, 0.15) is 10.4 Å². The van der Waals surface area contributed by atoms with E-state index in [2.05, 4.69) is 5.32 Å². The van der Waals surface area contributed by atoms with Gasteiger partial charge in [0, 0.05) is 0 Å². The molecule has 4 nitrogen and oxygen atoms in total. The van der Waals surface area contributed by atoms with Crippen LogP contribution in [0.3, 0.4) is 0 Å². The van der Waals surface area contributed by atoms with Crippen LogP contribution in [0.4, 0.5) is 8.78 Å². The molecule has 2 aromatic carbocycles. The van der Waals surface area contributed by atoms with Gasteiger partial charge in [0.25, 0.3) is 0 Å². The van der Waals surface area contributed by atoms with Crippen molar-refractivity contribution in [3.63, 3.8) is 0 Å². The van der Waals surface area contributed by atoms with Gasteiger partial charge in [0.1, 0.15) is 0 Å². The van der Waals surface area contributed by atoms with Crippen molar-refractivity contribution in [2.45, 2.75) is 6.54 Å². The molecule has 0 saturated heterocycles. The number of aromatic nitrogens is 1. The van der Waals surface area contributed by atoms with Crippen molar-refractivity contribution < 1.29 is 13.6 Å². The van der Waals surface area contributed by atoms with Crippen molar-refractivity contribution >= 4 is 30.3 Å². The van der Waals surface area contributed by atoms with Gasteiger partial charge in [0.05, 0.1) is 0 Å². The molecule has 0 saturated carbocycles. The minimum atomic E-state index is -0.906. The van der Waals surface area contributed by atoms with E-state index in [1.807, 2.05) is 18.2 Å². The average Bonchev–Trinajstić information content (AvgIpc) is 2.84. The first kappa shape index (κ1) is 15.6. The van der Waals surface area contributed by atoms with Crippen LogP contribution >= 0.6 is 0 Å². The molecule has 0 radical (unpaired) electrons. The third-order valence-corrected chi connectivity index (χ3v) is 5.68. The fourth-order valence-electron chi connectivity index (χ4n) is 2.20. The number of amides is 1. The number of nitrogens with one attached hydrogen (secondary N) is 1. The number of hydrogen-bond acceptors (Lipinski definition) is 2. The summed E-state index contributed by atoms with van der Waals surface area (Å²) in [6, 6.07) is 10.2. The average molecular weight is 381 g/mol. The van der Waals surface area contributed by atoms with Gasteiger partial charge < -0.3 is 0 Å². The number of halogens is 2. The normalized spacial score (nSPS) is 10.9. The van der Waals surface area contributed by atoms with Crippen LogP contribution in [0.5, 0.6) is 0 Å². The van der Waals surface area contributed by atoms with E-state index in [0.29, 0.717) is 18.0 Å². The van der Waals surface area contributed by atoms with Gasteiger partial charge in [-0.25, -0.2) is 0 Å². The predicted molar refractivity (Wildman–Crippen MR) is 83.8 cm³/mol. The van der Waals surface area contributed by atoms with Gasteiger partial charge in [-0.2, -0.15) is 0 Å². The van der Waals surface area contributed by atoms with Crippen LogP contribution in [0.15, 0.2) is 47.3 Å². The molecule has 0 unspecified atom stereocenters. The summed E-state index contributed by atoms with van der Waals surface area (Å²) in [5.41, 5.74) is -0.268. The SMILES string of the molecule is O=C(NCCn1[se]c2ccccc2c1=O)c1ccc(F)cc1F. The molecule has 3 aromatic rings. The second kappa shape index (κ2) is 6.48. The number of hydrogen-bond donors (Lipinski definition) is 1. The number of carbonyl (C=O) groups is 1. The molecule has 0 aliphatic carbocycles. The molecule has 0 aliphatic rings. The molecule has 1 heterocycles. The molecule has 0 fully saturated rings. The summed E-state index contributed by atoms with van der Waals surface area (Å²) in [7, 11) is 0. The standard InChI is InChI=1S/C16H12F2N2O2Se/c17-10-5-6-11(13(18)9-10)15(21)19-7-8-20-16(22)12-3-1-2-4-14(12)23-20/h1-6,9H,7-8H2,(H,19,21). The van der Waals surface area contributed by atoms with Crippen molar-refractivity contribution in [3.8, 4) is 0 Å². The summed E-state index contributed by atoms with van der Waals surface area (Å²) in [5.74, 6) is -2.27. The zero-order valence-corrected chi connectivity index (χ0v) is 13.6. The van der Waals surface area contributed by atoms with Crippen molar-refractivity contribution in [2.75, 3.05) is 6.54 Å². The van der Waals surface area contributed by atoms with Crippen LogP contribution < -0.4 is 10.9 Å². The topological polar surface area (TPSA) is 51.1 Å². The molecule has 1 aromatic heterocycles. The molecule has 118 valence electrons. The van der Waals surface area contributed by atoms with E-state index in [1.165, 1.54) is 0 Å². The predicted octanol–water partition coefficient (Wildman–Crippen LogP) is 1.77. The van der Waals surface area contributed by atoms with E-state index in [9.17, 15) is 18.4 Å². The summed E-state index contributed by atoms with van der Waals surface area (Å²) in [4.78, 5) is 24.0. The fourth-order valence-corrected chi connectivity index (χ4v) is 4.29. The third-order valence-electron chi connectivity index (χ3n) is 3.33. The fraction of sp³-hybridized carbons (Fsp3) is 0.125. The molecule has 0 bridgehead atoms. The first-order chi connectivity index (χ1) is 11.1. The quantitative estimate of drug-likeness (QED) is 0.701. The van der Waals surface area contributed by atoms with Gasteiger partial charge in [-0.15, -0.1) is 0 Å². The molecule has 23 heavy (non-hydrogen) atoms. The van der Waals surface area contributed by atoms with E-state index >= 15 is 0 Å². The Bertz CT molecular complexity index is 933. The minimum absolute atomic E-state index is 0.0530. The molecular formula is C16H12F2N2O2Se. The monoisotopic (exact) mass is 382 g/mol. The summed E-state index contributed by atoms with van der Waals surface area (Å²) in [5, 5.41) is 3.25. The molecule has 1 N–H and O–H groups in total. The van der Waals surface area contributed by atoms with E-state index in [-0.39, 0.29) is 32.4 Å². The van der Waals surface area contributed by atoms with Gasteiger partial charge in [-0.3, -0.25) is 0 Å². The Hall–Kier alpha value is -2.24. The number of rotatable bonds is 4. The van der Waals surface area contributed by atoms with Crippen molar-refractivity contribution in [2.24, 2.45) is 0 Å². The Balaban J connectivity index is 1.67. The van der Waals surface area contributed by atoms with Crippen LogP contribution in [-0.2, 0) is 6.54 Å². The van der Waals surface area contributed by atoms with Crippen molar-refractivity contribution in [1.82, 2.24) is 8.88 Å². The zero-order valence-electron chi connectivity index (χ0n) is 11.9. The summed E-state index contributed by atoms with van der Waals surface area (Å²) < 4.78 is 29.0. The molecule has 0 atom stereocenters. The maximum atomic E-state index is 13.5. The van der Waals surface area contributed by atoms with Crippen LogP contribution in [0.2, 0.25) is 0 Å². The van der Waals surface area contributed by atoms with E-state index in [4.69, 9.17) is 0 Å². The molecule has 3 rings (SSSR count). The van der Waals surface area contributed by atoms with Crippen LogP contribution in [-0.4, -0.2) is 30.7 Å². The Kier molecular flexibility index (Phi) is 4.41. The summed E-state index contributed by atoms with van der Waals surface area (Å²) in [6.45, 7) is 0.555. The van der Waals surface area contributed by atoms with Gasteiger partial charge >= 0.3 is 136 Å². The Morgan fingerprint density at radius 1 is 1.17 bits per heavy atom. The Morgan fingerprint density at radius 3 is 2.70 bits per heavy atom. The number of fused-ring (bicyclic) bond motifs is 1. The van der Waals surface area contributed by atoms with Crippen LogP contribution in [0, 0.1) is 11.6 Å². The molecule has 1 amide bonds. The van der Waals surface area contributed by atoms with Gasteiger partial charge in [0.2, 0.25) is 0 Å².